The molecule has 1 aromatic carbocycles. The molecule has 96 valence electrons. The number of benzene rings is 1. The van der Waals surface area contributed by atoms with Crippen molar-refractivity contribution in [2.45, 2.75) is 13.8 Å². The molecule has 3 aromatic rings. The third kappa shape index (κ3) is 1.76. The average Bonchev–Trinajstić information content (AvgIpc) is 2.93. The zero-order valence-electron chi connectivity index (χ0n) is 10.6. The maximum absolute atomic E-state index is 13.9. The molecule has 0 radical (unpaired) electrons. The van der Waals surface area contributed by atoms with E-state index in [0.29, 0.717) is 33.6 Å². The summed E-state index contributed by atoms with van der Waals surface area (Å²) in [4.78, 5) is 15.4. The molecule has 4 heteroatoms. The van der Waals surface area contributed by atoms with Gasteiger partial charge in [0.15, 0.2) is 5.78 Å². The highest BCUT2D eigenvalue weighted by Crippen LogP contribution is 2.26. The normalized spacial score (nSPS) is 11.1. The van der Waals surface area contributed by atoms with Gasteiger partial charge in [0.1, 0.15) is 17.3 Å². The van der Waals surface area contributed by atoms with E-state index < -0.39 is 5.82 Å². The summed E-state index contributed by atoms with van der Waals surface area (Å²) in [5, 5.41) is 0.325. The summed E-state index contributed by atoms with van der Waals surface area (Å²) in [6.45, 7) is 3.50. The van der Waals surface area contributed by atoms with E-state index >= 15 is 0 Å². The van der Waals surface area contributed by atoms with Crippen molar-refractivity contribution in [1.29, 1.82) is 0 Å². The number of halogens is 1. The number of rotatable bonds is 2. The van der Waals surface area contributed by atoms with Crippen LogP contribution in [0.1, 0.15) is 27.4 Å². The Hall–Kier alpha value is -2.36. The van der Waals surface area contributed by atoms with Gasteiger partial charge in [0.2, 0.25) is 0 Å². The molecule has 0 saturated carbocycles. The van der Waals surface area contributed by atoms with Gasteiger partial charge < -0.3 is 9.40 Å². The van der Waals surface area contributed by atoms with E-state index in [0.717, 1.165) is 0 Å². The highest BCUT2D eigenvalue weighted by atomic mass is 19.1. The zero-order valence-corrected chi connectivity index (χ0v) is 10.6. The molecule has 19 heavy (non-hydrogen) atoms. The van der Waals surface area contributed by atoms with Crippen LogP contribution < -0.4 is 0 Å². The molecule has 1 N–H and O–H groups in total. The fourth-order valence-electron chi connectivity index (χ4n) is 2.32. The topological polar surface area (TPSA) is 46.0 Å². The van der Waals surface area contributed by atoms with E-state index in [9.17, 15) is 9.18 Å². The second-order valence-corrected chi connectivity index (χ2v) is 4.52. The van der Waals surface area contributed by atoms with Gasteiger partial charge in [-0.2, -0.15) is 0 Å². The van der Waals surface area contributed by atoms with E-state index in [4.69, 9.17) is 4.42 Å². The number of fused-ring (bicyclic) bond motifs is 1. The van der Waals surface area contributed by atoms with Crippen molar-refractivity contribution < 1.29 is 13.6 Å². The van der Waals surface area contributed by atoms with Gasteiger partial charge in [0.05, 0.1) is 11.1 Å². The molecular formula is C15H12FNO2. The molecule has 0 aliphatic carbocycles. The Morgan fingerprint density at radius 3 is 2.74 bits per heavy atom. The van der Waals surface area contributed by atoms with Crippen molar-refractivity contribution in [2.75, 3.05) is 0 Å². The first-order valence-electron chi connectivity index (χ1n) is 5.95. The quantitative estimate of drug-likeness (QED) is 0.711. The molecule has 0 unspecified atom stereocenters. The van der Waals surface area contributed by atoms with Gasteiger partial charge in [-0.25, -0.2) is 4.39 Å². The fraction of sp³-hybridized carbons (Fsp3) is 0.133. The van der Waals surface area contributed by atoms with Crippen LogP contribution in [0.25, 0.3) is 10.9 Å². The first-order valence-corrected chi connectivity index (χ1v) is 5.95. The third-order valence-corrected chi connectivity index (χ3v) is 3.19. The average molecular weight is 257 g/mol. The van der Waals surface area contributed by atoms with E-state index in [1.807, 2.05) is 0 Å². The maximum atomic E-state index is 13.9. The number of hydrogen-bond donors (Lipinski definition) is 1. The summed E-state index contributed by atoms with van der Waals surface area (Å²) in [7, 11) is 0. The number of ketones is 1. The molecule has 3 nitrogen and oxygen atoms in total. The Labute approximate surface area is 109 Å². The minimum atomic E-state index is -0.403. The van der Waals surface area contributed by atoms with Crippen molar-refractivity contribution in [3.8, 4) is 0 Å². The maximum Gasteiger partial charge on any atom is 0.198 e. The molecule has 0 amide bonds. The summed E-state index contributed by atoms with van der Waals surface area (Å²) in [6.07, 6.45) is 1.54. The van der Waals surface area contributed by atoms with E-state index in [2.05, 4.69) is 4.98 Å². The zero-order chi connectivity index (χ0) is 13.6. The molecule has 2 heterocycles. The molecule has 0 saturated heterocycles. The van der Waals surface area contributed by atoms with Crippen molar-refractivity contribution >= 4 is 16.7 Å². The van der Waals surface area contributed by atoms with E-state index in [1.165, 1.54) is 12.3 Å². The van der Waals surface area contributed by atoms with Crippen molar-refractivity contribution in [3.05, 3.63) is 58.9 Å². The molecular weight excluding hydrogens is 245 g/mol. The summed E-state index contributed by atoms with van der Waals surface area (Å²) in [5.41, 5.74) is 1.42. The van der Waals surface area contributed by atoms with E-state index in [-0.39, 0.29) is 5.78 Å². The number of aryl methyl sites for hydroxylation is 2. The van der Waals surface area contributed by atoms with E-state index in [1.54, 1.807) is 32.0 Å². The SMILES string of the molecule is Cc1cc(C(=O)c2c[nH]c3cccc(F)c23)c(C)o1. The number of hydrogen-bond acceptors (Lipinski definition) is 2. The smallest absolute Gasteiger partial charge is 0.198 e. The summed E-state index contributed by atoms with van der Waals surface area (Å²) >= 11 is 0. The van der Waals surface area contributed by atoms with Crippen LogP contribution in [0.3, 0.4) is 0 Å². The Balaban J connectivity index is 2.20. The molecule has 0 aliphatic heterocycles. The molecule has 0 atom stereocenters. The van der Waals surface area contributed by atoms with Crippen LogP contribution in [0.15, 0.2) is 34.9 Å². The molecule has 2 aromatic heterocycles. The number of nitrogens with one attached hydrogen (secondary N) is 1. The van der Waals surface area contributed by atoms with Crippen LogP contribution in [0.2, 0.25) is 0 Å². The van der Waals surface area contributed by atoms with Crippen LogP contribution >= 0.6 is 0 Å². The lowest BCUT2D eigenvalue weighted by Gasteiger charge is -1.98. The fourth-order valence-corrected chi connectivity index (χ4v) is 2.32. The van der Waals surface area contributed by atoms with Gasteiger partial charge in [0.25, 0.3) is 0 Å². The number of aromatic nitrogens is 1. The lowest BCUT2D eigenvalue weighted by molar-refractivity contribution is 0.103. The Morgan fingerprint density at radius 2 is 2.05 bits per heavy atom. The van der Waals surface area contributed by atoms with Gasteiger partial charge in [-0.15, -0.1) is 0 Å². The Morgan fingerprint density at radius 1 is 1.26 bits per heavy atom. The Bertz CT molecular complexity index is 783. The largest absolute Gasteiger partial charge is 0.466 e. The van der Waals surface area contributed by atoms with Crippen molar-refractivity contribution in [1.82, 2.24) is 4.98 Å². The minimum Gasteiger partial charge on any atom is -0.466 e. The summed E-state index contributed by atoms with van der Waals surface area (Å²) in [6, 6.07) is 6.37. The molecule has 0 fully saturated rings. The first kappa shape index (κ1) is 11.7. The number of carbonyl (C=O) groups excluding carboxylic acids is 1. The third-order valence-electron chi connectivity index (χ3n) is 3.19. The number of H-pyrrole nitrogens is 1. The van der Waals surface area contributed by atoms with Crippen LogP contribution in [-0.2, 0) is 0 Å². The lowest BCUT2D eigenvalue weighted by atomic mass is 10.0. The van der Waals surface area contributed by atoms with Gasteiger partial charge in [0, 0.05) is 17.1 Å². The summed E-state index contributed by atoms with van der Waals surface area (Å²) in [5.74, 6) is 0.583. The Kier molecular flexibility index (Phi) is 2.52. The molecule has 0 spiro atoms. The number of aromatic amines is 1. The van der Waals surface area contributed by atoms with Crippen molar-refractivity contribution in [2.24, 2.45) is 0 Å². The van der Waals surface area contributed by atoms with Crippen molar-refractivity contribution in [3.63, 3.8) is 0 Å². The first-order chi connectivity index (χ1) is 9.08. The van der Waals surface area contributed by atoms with Gasteiger partial charge >= 0.3 is 0 Å². The lowest BCUT2D eigenvalue weighted by Crippen LogP contribution is -2.01. The number of furan rings is 1. The second kappa shape index (κ2) is 4.09. The molecule has 0 bridgehead atoms. The van der Waals surface area contributed by atoms with Crippen LogP contribution in [0.5, 0.6) is 0 Å². The predicted octanol–water partition coefficient (Wildman–Crippen LogP) is 3.75. The van der Waals surface area contributed by atoms with Gasteiger partial charge in [-0.05, 0) is 32.0 Å². The molecule has 3 rings (SSSR count). The minimum absolute atomic E-state index is 0.231. The van der Waals surface area contributed by atoms with Gasteiger partial charge in [-0.1, -0.05) is 6.07 Å². The predicted molar refractivity (Wildman–Crippen MR) is 69.9 cm³/mol. The standard InChI is InChI=1S/C15H12FNO2/c1-8-6-10(9(2)19-8)15(18)11-7-17-13-5-3-4-12(16)14(11)13/h3-7,17H,1-2H3. The van der Waals surface area contributed by atoms with Gasteiger partial charge in [-0.3, -0.25) is 4.79 Å². The monoisotopic (exact) mass is 257 g/mol. The highest BCUT2D eigenvalue weighted by molar-refractivity contribution is 6.16. The highest BCUT2D eigenvalue weighted by Gasteiger charge is 2.20. The van der Waals surface area contributed by atoms with Crippen LogP contribution in [-0.4, -0.2) is 10.8 Å². The second-order valence-electron chi connectivity index (χ2n) is 4.52. The van der Waals surface area contributed by atoms with Crippen LogP contribution in [0.4, 0.5) is 4.39 Å². The number of carbonyl (C=O) groups is 1. The molecule has 0 aliphatic rings. The van der Waals surface area contributed by atoms with Crippen LogP contribution in [0, 0.1) is 19.7 Å². The summed E-state index contributed by atoms with van der Waals surface area (Å²) < 4.78 is 19.2.